The Balaban J connectivity index is 2.02. The normalized spacial score (nSPS) is 16.6. The Morgan fingerprint density at radius 1 is 1.32 bits per heavy atom. The number of ether oxygens (including phenoxy) is 2. The molecular weight excluding hydrogens is 316 g/mol. The van der Waals surface area contributed by atoms with Gasteiger partial charge in [0.05, 0.1) is 6.61 Å². The minimum Gasteiger partial charge on any atom is -0.479 e. The number of rotatable bonds is 7. The van der Waals surface area contributed by atoms with Crippen molar-refractivity contribution < 1.29 is 14.3 Å². The van der Waals surface area contributed by atoms with E-state index in [4.69, 9.17) is 21.7 Å². The number of benzene rings is 1. The van der Waals surface area contributed by atoms with Gasteiger partial charge in [-0.3, -0.25) is 4.79 Å². The van der Waals surface area contributed by atoms with Crippen molar-refractivity contribution in [2.24, 2.45) is 0 Å². The van der Waals surface area contributed by atoms with Gasteiger partial charge in [0.1, 0.15) is 6.61 Å². The lowest BCUT2D eigenvalue weighted by molar-refractivity contribution is -0.140. The van der Waals surface area contributed by atoms with Crippen LogP contribution in [0.2, 0.25) is 0 Å². The molecular formula is C17H22O3S2. The summed E-state index contributed by atoms with van der Waals surface area (Å²) >= 11 is 6.74. The van der Waals surface area contributed by atoms with Crippen molar-refractivity contribution in [2.75, 3.05) is 13.2 Å². The first-order valence-corrected chi connectivity index (χ1v) is 8.87. The van der Waals surface area contributed by atoms with E-state index in [0.29, 0.717) is 17.6 Å². The summed E-state index contributed by atoms with van der Waals surface area (Å²) in [7, 11) is 0. The summed E-state index contributed by atoms with van der Waals surface area (Å²) in [6.07, 6.45) is 3.30. The molecule has 120 valence electrons. The highest BCUT2D eigenvalue weighted by Crippen LogP contribution is 2.53. The van der Waals surface area contributed by atoms with E-state index in [2.05, 4.69) is 24.3 Å². The van der Waals surface area contributed by atoms with Crippen molar-refractivity contribution in [3.63, 3.8) is 0 Å². The van der Waals surface area contributed by atoms with Crippen LogP contribution in [0.4, 0.5) is 0 Å². The summed E-state index contributed by atoms with van der Waals surface area (Å²) in [5.41, 5.74) is 1.58. The lowest BCUT2D eigenvalue weighted by atomic mass is 9.91. The van der Waals surface area contributed by atoms with Gasteiger partial charge < -0.3 is 9.47 Å². The van der Waals surface area contributed by atoms with Crippen LogP contribution in [-0.4, -0.2) is 28.8 Å². The van der Waals surface area contributed by atoms with Crippen LogP contribution in [0.25, 0.3) is 0 Å². The third-order valence-corrected chi connectivity index (χ3v) is 5.21. The fourth-order valence-electron chi connectivity index (χ4n) is 2.62. The molecule has 0 saturated heterocycles. The van der Waals surface area contributed by atoms with E-state index in [1.165, 1.54) is 37.1 Å². The van der Waals surface area contributed by atoms with Crippen LogP contribution in [0.15, 0.2) is 30.3 Å². The quantitative estimate of drug-likeness (QED) is 0.552. The van der Waals surface area contributed by atoms with Crippen molar-refractivity contribution in [3.8, 4) is 0 Å². The predicted molar refractivity (Wildman–Crippen MR) is 94.2 cm³/mol. The summed E-state index contributed by atoms with van der Waals surface area (Å²) in [5, 5.41) is 0.130. The number of esters is 1. The van der Waals surface area contributed by atoms with Gasteiger partial charge in [0, 0.05) is 12.2 Å². The summed E-state index contributed by atoms with van der Waals surface area (Å²) in [6.45, 7) is 4.30. The van der Waals surface area contributed by atoms with Gasteiger partial charge in [0.15, 0.2) is 0 Å². The number of carbonyl (C=O) groups excluding carboxylic acids is 1. The Hall–Kier alpha value is -1.07. The van der Waals surface area contributed by atoms with Gasteiger partial charge in [-0.2, -0.15) is 0 Å². The summed E-state index contributed by atoms with van der Waals surface area (Å²) in [4.78, 5) is 11.1. The molecule has 0 spiro atoms. The van der Waals surface area contributed by atoms with Crippen LogP contribution in [0.1, 0.15) is 38.7 Å². The Kier molecular flexibility index (Phi) is 6.26. The van der Waals surface area contributed by atoms with E-state index in [1.807, 2.05) is 13.0 Å². The summed E-state index contributed by atoms with van der Waals surface area (Å²) in [5.74, 6) is -0.252. The Morgan fingerprint density at radius 3 is 2.55 bits per heavy atom. The van der Waals surface area contributed by atoms with Crippen LogP contribution in [-0.2, 0) is 19.7 Å². The highest BCUT2D eigenvalue weighted by Gasteiger charge is 2.45. The third-order valence-electron chi connectivity index (χ3n) is 3.86. The summed E-state index contributed by atoms with van der Waals surface area (Å²) in [6, 6.07) is 10.6. The lowest BCUT2D eigenvalue weighted by Crippen LogP contribution is -2.23. The highest BCUT2D eigenvalue weighted by molar-refractivity contribution is 8.23. The first kappa shape index (κ1) is 17.3. The van der Waals surface area contributed by atoms with Gasteiger partial charge in [-0.05, 0) is 49.4 Å². The second-order valence-corrected chi connectivity index (χ2v) is 7.48. The topological polar surface area (TPSA) is 35.5 Å². The molecule has 0 radical (unpaired) electrons. The molecule has 1 saturated carbocycles. The van der Waals surface area contributed by atoms with E-state index >= 15 is 0 Å². The van der Waals surface area contributed by atoms with Gasteiger partial charge in [-0.1, -0.05) is 42.1 Å². The maximum atomic E-state index is 11.1. The molecule has 0 amide bonds. The zero-order valence-electron chi connectivity index (χ0n) is 13.0. The Morgan fingerprint density at radius 2 is 2.00 bits per heavy atom. The second-order valence-electron chi connectivity index (χ2n) is 5.58. The number of thioether (sulfide) groups is 1. The van der Waals surface area contributed by atoms with Crippen LogP contribution in [0.3, 0.4) is 0 Å². The monoisotopic (exact) mass is 338 g/mol. The predicted octanol–water partition coefficient (Wildman–Crippen LogP) is 4.09. The first-order chi connectivity index (χ1) is 10.6. The van der Waals surface area contributed by atoms with E-state index < -0.39 is 0 Å². The Labute approximate surface area is 141 Å². The molecule has 0 aliphatic heterocycles. The molecule has 0 aromatic heterocycles. The van der Waals surface area contributed by atoms with Crippen LogP contribution in [0.5, 0.6) is 0 Å². The average Bonchev–Trinajstić information content (AvgIpc) is 3.27. The molecule has 1 aliphatic rings. The molecule has 1 aliphatic carbocycles. The molecule has 5 heteroatoms. The van der Waals surface area contributed by atoms with Crippen molar-refractivity contribution in [3.05, 3.63) is 35.9 Å². The first-order valence-electron chi connectivity index (χ1n) is 7.58. The van der Waals surface area contributed by atoms with E-state index in [-0.39, 0.29) is 16.6 Å². The molecule has 1 atom stereocenters. The molecule has 1 unspecified atom stereocenters. The van der Waals surface area contributed by atoms with Crippen LogP contribution < -0.4 is 0 Å². The maximum Gasteiger partial charge on any atom is 0.302 e. The smallest absolute Gasteiger partial charge is 0.302 e. The average molecular weight is 338 g/mol. The van der Waals surface area contributed by atoms with Crippen LogP contribution >= 0.6 is 24.0 Å². The van der Waals surface area contributed by atoms with Gasteiger partial charge in [0.25, 0.3) is 0 Å². The molecule has 2 rings (SSSR count). The lowest BCUT2D eigenvalue weighted by Gasteiger charge is -2.23. The second kappa shape index (κ2) is 7.97. The molecule has 1 fully saturated rings. The van der Waals surface area contributed by atoms with Crippen molar-refractivity contribution in [2.45, 2.75) is 43.8 Å². The molecule has 3 nitrogen and oxygen atoms in total. The minimum absolute atomic E-state index is 0.130. The molecule has 1 aromatic rings. The van der Waals surface area contributed by atoms with Gasteiger partial charge >= 0.3 is 5.97 Å². The van der Waals surface area contributed by atoms with E-state index in [1.54, 1.807) is 0 Å². The number of hydrogen-bond acceptors (Lipinski definition) is 5. The Bertz CT molecular complexity index is 512. The largest absolute Gasteiger partial charge is 0.479 e. The third kappa shape index (κ3) is 4.99. The fraction of sp³-hybridized carbons (Fsp3) is 0.529. The van der Waals surface area contributed by atoms with Gasteiger partial charge in [0.2, 0.25) is 4.38 Å². The van der Waals surface area contributed by atoms with E-state index in [0.717, 1.165) is 6.42 Å². The van der Waals surface area contributed by atoms with Crippen molar-refractivity contribution in [1.29, 1.82) is 0 Å². The zero-order valence-corrected chi connectivity index (χ0v) is 14.7. The molecule has 0 N–H and O–H groups in total. The fourth-order valence-corrected chi connectivity index (χ4v) is 4.14. The number of hydrogen-bond donors (Lipinski definition) is 0. The summed E-state index contributed by atoms with van der Waals surface area (Å²) < 4.78 is 11.1. The highest BCUT2D eigenvalue weighted by atomic mass is 32.2. The molecule has 0 heterocycles. The maximum absolute atomic E-state index is 11.1. The SMILES string of the molecule is CCOC(=S)SC(COC(C)=O)CC1(c2ccccc2)CC1. The van der Waals surface area contributed by atoms with Crippen LogP contribution in [0, 0.1) is 0 Å². The number of thiocarbonyl (C=S) groups is 1. The van der Waals surface area contributed by atoms with Crippen molar-refractivity contribution >= 4 is 34.3 Å². The molecule has 22 heavy (non-hydrogen) atoms. The molecule has 1 aromatic carbocycles. The van der Waals surface area contributed by atoms with E-state index in [9.17, 15) is 4.79 Å². The zero-order chi connectivity index (χ0) is 16.0. The van der Waals surface area contributed by atoms with Gasteiger partial charge in [-0.15, -0.1) is 0 Å². The van der Waals surface area contributed by atoms with Gasteiger partial charge in [-0.25, -0.2) is 0 Å². The van der Waals surface area contributed by atoms with Crippen molar-refractivity contribution in [1.82, 2.24) is 0 Å². The standard InChI is InChI=1S/C17H22O3S2/c1-3-19-16(21)22-15(12-20-13(2)18)11-17(9-10-17)14-7-5-4-6-8-14/h4-8,15H,3,9-12H2,1-2H3. The molecule has 0 bridgehead atoms. The number of carbonyl (C=O) groups is 1. The minimum atomic E-state index is -0.252.